The Labute approximate surface area is 163 Å². The van der Waals surface area contributed by atoms with Crippen molar-refractivity contribution in [2.24, 2.45) is 0 Å². The number of carbonyl (C=O) groups is 2. The zero-order valence-corrected chi connectivity index (χ0v) is 15.8. The van der Waals surface area contributed by atoms with Crippen LogP contribution in [0.5, 0.6) is 5.75 Å². The highest BCUT2D eigenvalue weighted by Crippen LogP contribution is 2.19. The number of halogens is 1. The molecule has 0 heterocycles. The van der Waals surface area contributed by atoms with E-state index in [1.807, 2.05) is 17.0 Å². The summed E-state index contributed by atoms with van der Waals surface area (Å²) in [6, 6.07) is 14.0. The molecule has 0 atom stereocenters. The van der Waals surface area contributed by atoms with Crippen LogP contribution in [0.15, 0.2) is 48.5 Å². The summed E-state index contributed by atoms with van der Waals surface area (Å²) >= 11 is 5.92. The van der Waals surface area contributed by atoms with Crippen LogP contribution < -0.4 is 9.64 Å². The van der Waals surface area contributed by atoms with Crippen molar-refractivity contribution in [3.8, 4) is 5.75 Å². The first kappa shape index (κ1) is 20.6. The Balaban J connectivity index is 1.86. The molecule has 0 aromatic heterocycles. The van der Waals surface area contributed by atoms with Crippen LogP contribution in [0.1, 0.15) is 23.2 Å². The Hall–Kier alpha value is -2.73. The third-order valence-electron chi connectivity index (χ3n) is 3.90. The minimum absolute atomic E-state index is 0.0540. The summed E-state index contributed by atoms with van der Waals surface area (Å²) in [6.45, 7) is 1.52. The predicted octanol–water partition coefficient (Wildman–Crippen LogP) is 3.88. The average molecular weight is 392 g/mol. The fourth-order valence-electron chi connectivity index (χ4n) is 2.50. The summed E-state index contributed by atoms with van der Waals surface area (Å²) in [5.74, 6) is -0.569. The molecule has 144 valence electrons. The number of esters is 1. The van der Waals surface area contributed by atoms with E-state index in [9.17, 15) is 9.59 Å². The van der Waals surface area contributed by atoms with E-state index in [1.165, 1.54) is 7.11 Å². The van der Waals surface area contributed by atoms with E-state index in [4.69, 9.17) is 21.4 Å². The molecule has 0 bridgehead atoms. The number of hydrogen-bond acceptors (Lipinski definition) is 5. The lowest BCUT2D eigenvalue weighted by Crippen LogP contribution is -2.28. The quantitative estimate of drug-likeness (QED) is 0.489. The standard InChI is InChI=1S/C20H22ClNO5/c1-26-20(25)15-3-9-18(10-4-15)27-14-2-12-22(13-11-19(23)24)17-7-5-16(21)6-8-17/h3-10H,2,11-14H2,1H3,(H,23,24). The van der Waals surface area contributed by atoms with Crippen LogP contribution in [0.3, 0.4) is 0 Å². The van der Waals surface area contributed by atoms with E-state index in [0.29, 0.717) is 42.5 Å². The van der Waals surface area contributed by atoms with Gasteiger partial charge in [0.15, 0.2) is 0 Å². The Bertz CT molecular complexity index is 746. The molecule has 0 spiro atoms. The Kier molecular flexibility index (Phi) is 7.95. The molecule has 2 aromatic rings. The molecule has 0 saturated heterocycles. The van der Waals surface area contributed by atoms with Crippen molar-refractivity contribution in [1.29, 1.82) is 0 Å². The van der Waals surface area contributed by atoms with Crippen LogP contribution in [0.2, 0.25) is 5.02 Å². The molecule has 2 rings (SSSR count). The number of carboxylic acids is 1. The lowest BCUT2D eigenvalue weighted by atomic mass is 10.2. The summed E-state index contributed by atoms with van der Waals surface area (Å²) in [5.41, 5.74) is 1.38. The molecule has 0 amide bonds. The van der Waals surface area contributed by atoms with Crippen molar-refractivity contribution >= 4 is 29.2 Å². The first-order chi connectivity index (χ1) is 13.0. The zero-order chi connectivity index (χ0) is 19.6. The largest absolute Gasteiger partial charge is 0.494 e. The molecule has 1 N–H and O–H groups in total. The number of hydrogen-bond donors (Lipinski definition) is 1. The number of aliphatic carboxylic acids is 1. The van der Waals surface area contributed by atoms with Gasteiger partial charge in [-0.3, -0.25) is 4.79 Å². The molecule has 0 saturated carbocycles. The second kappa shape index (κ2) is 10.4. The summed E-state index contributed by atoms with van der Waals surface area (Å²) in [5, 5.41) is 9.58. The number of methoxy groups -OCH3 is 1. The second-order valence-corrected chi connectivity index (χ2v) is 6.26. The number of carboxylic acid groups (broad SMARTS) is 1. The minimum atomic E-state index is -0.837. The second-order valence-electron chi connectivity index (χ2n) is 5.83. The van der Waals surface area contributed by atoms with Crippen LogP contribution in [0, 0.1) is 0 Å². The number of nitrogens with zero attached hydrogens (tertiary/aromatic N) is 1. The highest BCUT2D eigenvalue weighted by atomic mass is 35.5. The first-order valence-corrected chi connectivity index (χ1v) is 8.91. The fraction of sp³-hybridized carbons (Fsp3) is 0.300. The van der Waals surface area contributed by atoms with Gasteiger partial charge in [-0.2, -0.15) is 0 Å². The average Bonchev–Trinajstić information content (AvgIpc) is 2.68. The lowest BCUT2D eigenvalue weighted by molar-refractivity contribution is -0.136. The molecule has 27 heavy (non-hydrogen) atoms. The van der Waals surface area contributed by atoms with Gasteiger partial charge < -0.3 is 19.5 Å². The smallest absolute Gasteiger partial charge is 0.337 e. The van der Waals surface area contributed by atoms with Crippen LogP contribution in [-0.4, -0.2) is 43.9 Å². The summed E-state index contributed by atoms with van der Waals surface area (Å²) in [4.78, 5) is 24.3. The topological polar surface area (TPSA) is 76.1 Å². The SMILES string of the molecule is COC(=O)c1ccc(OCCCN(CCC(=O)O)c2ccc(Cl)cc2)cc1. The van der Waals surface area contributed by atoms with E-state index in [0.717, 1.165) is 5.69 Å². The van der Waals surface area contributed by atoms with Gasteiger partial charge in [0.25, 0.3) is 0 Å². The third kappa shape index (κ3) is 6.83. The molecule has 6 nitrogen and oxygen atoms in total. The van der Waals surface area contributed by atoms with Gasteiger partial charge in [0.2, 0.25) is 0 Å². The van der Waals surface area contributed by atoms with Crippen molar-refractivity contribution in [2.45, 2.75) is 12.8 Å². The number of ether oxygens (including phenoxy) is 2. The minimum Gasteiger partial charge on any atom is -0.494 e. The lowest BCUT2D eigenvalue weighted by Gasteiger charge is -2.24. The highest BCUT2D eigenvalue weighted by Gasteiger charge is 2.09. The van der Waals surface area contributed by atoms with Crippen LogP contribution in [0.4, 0.5) is 5.69 Å². The van der Waals surface area contributed by atoms with E-state index >= 15 is 0 Å². The zero-order valence-electron chi connectivity index (χ0n) is 15.1. The molecule has 0 fully saturated rings. The Morgan fingerprint density at radius 1 is 1.04 bits per heavy atom. The van der Waals surface area contributed by atoms with Gasteiger partial charge in [-0.15, -0.1) is 0 Å². The van der Waals surface area contributed by atoms with Gasteiger partial charge in [0.1, 0.15) is 5.75 Å². The molecule has 0 aliphatic rings. The van der Waals surface area contributed by atoms with Crippen molar-refractivity contribution in [1.82, 2.24) is 0 Å². The van der Waals surface area contributed by atoms with Crippen molar-refractivity contribution < 1.29 is 24.2 Å². The molecule has 2 aromatic carbocycles. The van der Waals surface area contributed by atoms with Crippen LogP contribution in [0.25, 0.3) is 0 Å². The number of benzene rings is 2. The normalized spacial score (nSPS) is 10.3. The molecule has 0 unspecified atom stereocenters. The van der Waals surface area contributed by atoms with E-state index in [2.05, 4.69) is 4.74 Å². The summed E-state index contributed by atoms with van der Waals surface area (Å²) in [6.07, 6.45) is 0.763. The number of carbonyl (C=O) groups excluding carboxylic acids is 1. The van der Waals surface area contributed by atoms with Crippen molar-refractivity contribution in [3.63, 3.8) is 0 Å². The maximum Gasteiger partial charge on any atom is 0.337 e. The maximum atomic E-state index is 11.4. The molecule has 0 radical (unpaired) electrons. The van der Waals surface area contributed by atoms with Gasteiger partial charge in [-0.1, -0.05) is 11.6 Å². The van der Waals surface area contributed by atoms with Crippen molar-refractivity contribution in [2.75, 3.05) is 31.7 Å². The molecule has 0 aliphatic heterocycles. The van der Waals surface area contributed by atoms with Crippen LogP contribution >= 0.6 is 11.6 Å². The first-order valence-electron chi connectivity index (χ1n) is 8.53. The molecule has 7 heteroatoms. The summed E-state index contributed by atoms with van der Waals surface area (Å²) < 4.78 is 10.3. The van der Waals surface area contributed by atoms with Gasteiger partial charge in [0, 0.05) is 23.8 Å². The predicted molar refractivity (Wildman–Crippen MR) is 104 cm³/mol. The van der Waals surface area contributed by atoms with Gasteiger partial charge in [0.05, 0.1) is 25.7 Å². The fourth-order valence-corrected chi connectivity index (χ4v) is 2.63. The number of rotatable bonds is 10. The van der Waals surface area contributed by atoms with E-state index < -0.39 is 11.9 Å². The number of anilines is 1. The van der Waals surface area contributed by atoms with Gasteiger partial charge in [-0.05, 0) is 55.0 Å². The van der Waals surface area contributed by atoms with Crippen LogP contribution in [-0.2, 0) is 9.53 Å². The van der Waals surface area contributed by atoms with Crippen molar-refractivity contribution in [3.05, 3.63) is 59.1 Å². The van der Waals surface area contributed by atoms with Gasteiger partial charge >= 0.3 is 11.9 Å². The summed E-state index contributed by atoms with van der Waals surface area (Å²) in [7, 11) is 1.34. The monoisotopic (exact) mass is 391 g/mol. The van der Waals surface area contributed by atoms with E-state index in [-0.39, 0.29) is 6.42 Å². The Morgan fingerprint density at radius 3 is 2.30 bits per heavy atom. The maximum absolute atomic E-state index is 11.4. The third-order valence-corrected chi connectivity index (χ3v) is 4.16. The molecule has 0 aliphatic carbocycles. The molecular weight excluding hydrogens is 370 g/mol. The Morgan fingerprint density at radius 2 is 1.70 bits per heavy atom. The highest BCUT2D eigenvalue weighted by molar-refractivity contribution is 6.30. The van der Waals surface area contributed by atoms with E-state index in [1.54, 1.807) is 36.4 Å². The van der Waals surface area contributed by atoms with Gasteiger partial charge in [-0.25, -0.2) is 4.79 Å². The molecular formula is C20H22ClNO5.